The van der Waals surface area contributed by atoms with E-state index < -0.39 is 11.6 Å². The third-order valence-corrected chi connectivity index (χ3v) is 10.3. The molecule has 0 aliphatic carbocycles. The second-order valence-electron chi connectivity index (χ2n) is 14.0. The minimum Gasteiger partial charge on any atom is -0.389 e. The maximum Gasteiger partial charge on any atom is 0.225 e. The average molecular weight is 780 g/mol. The van der Waals surface area contributed by atoms with Crippen molar-refractivity contribution in [2.45, 2.75) is 133 Å². The van der Waals surface area contributed by atoms with Crippen molar-refractivity contribution >= 4 is 44.6 Å². The van der Waals surface area contributed by atoms with E-state index in [0.717, 1.165) is 67.9 Å². The SMILES string of the molecule is C#C.C=C(c1c(/C(F)=C\C)sc(N)c1C#N)c1c2c(c3cnc(N4CCCC4)nc3c1F)COC2.CC1COC1.CCC.CCCC.CCCCC(C)CC. The zero-order valence-electron chi connectivity index (χ0n) is 35.1. The van der Waals surface area contributed by atoms with Crippen LogP contribution >= 0.6 is 11.3 Å². The van der Waals surface area contributed by atoms with E-state index in [1.807, 2.05) is 11.0 Å². The highest BCUT2D eigenvalue weighted by atomic mass is 32.1. The summed E-state index contributed by atoms with van der Waals surface area (Å²) >= 11 is 0.948. The summed E-state index contributed by atoms with van der Waals surface area (Å²) in [6, 6.07) is 2.03. The zero-order valence-corrected chi connectivity index (χ0v) is 35.9. The molecule has 3 aliphatic rings. The number of thiophene rings is 1. The number of hydrogen-bond acceptors (Lipinski definition) is 8. The molecule has 10 heteroatoms. The number of nitrogens with two attached hydrogens (primary N) is 1. The Balaban J connectivity index is 0.000000563. The van der Waals surface area contributed by atoms with Crippen molar-refractivity contribution in [1.82, 2.24) is 9.97 Å². The summed E-state index contributed by atoms with van der Waals surface area (Å²) in [5.41, 5.74) is 8.24. The normalized spacial score (nSPS) is 14.8. The summed E-state index contributed by atoms with van der Waals surface area (Å²) in [4.78, 5) is 11.2. The first kappa shape index (κ1) is 49.2. The highest BCUT2D eigenvalue weighted by molar-refractivity contribution is 7.17. The van der Waals surface area contributed by atoms with Crippen LogP contribution in [-0.2, 0) is 22.7 Å². The molecule has 3 aromatic rings. The molecule has 2 N–H and O–H groups in total. The lowest BCUT2D eigenvalue weighted by atomic mass is 9.89. The minimum absolute atomic E-state index is 0.0876. The second-order valence-corrected chi connectivity index (χ2v) is 15.1. The monoisotopic (exact) mass is 779 g/mol. The number of ether oxygens (including phenoxy) is 2. The number of hydrogen-bond donors (Lipinski definition) is 1. The average Bonchev–Trinajstić information content (AvgIpc) is 3.98. The lowest BCUT2D eigenvalue weighted by molar-refractivity contribution is -0.0221. The molecular weight excluding hydrogens is 713 g/mol. The summed E-state index contributed by atoms with van der Waals surface area (Å²) < 4.78 is 41.3. The highest BCUT2D eigenvalue weighted by Gasteiger charge is 2.31. The van der Waals surface area contributed by atoms with E-state index in [2.05, 4.69) is 84.8 Å². The van der Waals surface area contributed by atoms with Gasteiger partial charge in [-0.05, 0) is 42.4 Å². The third-order valence-electron chi connectivity index (χ3n) is 9.25. The molecule has 0 bridgehead atoms. The first-order valence-electron chi connectivity index (χ1n) is 20.1. The summed E-state index contributed by atoms with van der Waals surface area (Å²) in [5, 5.41) is 10.5. The fraction of sp³-hybridized carbons (Fsp3) is 0.578. The Bertz CT molecular complexity index is 1700. The Kier molecular flexibility index (Phi) is 24.0. The van der Waals surface area contributed by atoms with Crippen molar-refractivity contribution in [3.63, 3.8) is 0 Å². The van der Waals surface area contributed by atoms with Gasteiger partial charge >= 0.3 is 0 Å². The molecule has 304 valence electrons. The molecule has 5 heterocycles. The van der Waals surface area contributed by atoms with Crippen LogP contribution in [0.1, 0.15) is 153 Å². The molecule has 2 saturated heterocycles. The quantitative estimate of drug-likeness (QED) is 0.216. The van der Waals surface area contributed by atoms with Crippen LogP contribution in [-0.4, -0.2) is 36.3 Å². The summed E-state index contributed by atoms with van der Waals surface area (Å²) in [7, 11) is 0. The Morgan fingerprint density at radius 1 is 1.07 bits per heavy atom. The van der Waals surface area contributed by atoms with E-state index in [0.29, 0.717) is 16.9 Å². The molecular formula is C45H67F2N5O2S. The predicted molar refractivity (Wildman–Crippen MR) is 231 cm³/mol. The number of nitrogen functional groups attached to an aromatic ring is 1. The number of terminal acetylenes is 1. The number of allylic oxidation sites excluding steroid dienone is 1. The number of unbranched alkanes of at least 4 members (excludes halogenated alkanes) is 2. The zero-order chi connectivity index (χ0) is 41.5. The van der Waals surface area contributed by atoms with Gasteiger partial charge in [-0.15, -0.1) is 24.2 Å². The van der Waals surface area contributed by atoms with Crippen molar-refractivity contribution < 1.29 is 18.3 Å². The highest BCUT2D eigenvalue weighted by Crippen LogP contribution is 2.45. The van der Waals surface area contributed by atoms with Gasteiger partial charge in [0.2, 0.25) is 5.95 Å². The molecule has 0 saturated carbocycles. The van der Waals surface area contributed by atoms with Gasteiger partial charge < -0.3 is 20.1 Å². The van der Waals surface area contributed by atoms with Crippen molar-refractivity contribution in [3.8, 4) is 18.9 Å². The number of benzene rings is 1. The molecule has 3 aliphatic heterocycles. The van der Waals surface area contributed by atoms with Gasteiger partial charge in [-0.25, -0.2) is 18.7 Å². The van der Waals surface area contributed by atoms with Gasteiger partial charge in [-0.3, -0.25) is 0 Å². The van der Waals surface area contributed by atoms with Crippen LogP contribution in [0, 0.1) is 41.8 Å². The first-order chi connectivity index (χ1) is 26.5. The van der Waals surface area contributed by atoms with E-state index in [1.165, 1.54) is 51.0 Å². The molecule has 0 radical (unpaired) electrons. The van der Waals surface area contributed by atoms with Crippen molar-refractivity contribution in [3.05, 3.63) is 57.4 Å². The van der Waals surface area contributed by atoms with Crippen molar-refractivity contribution in [1.29, 1.82) is 5.26 Å². The lowest BCUT2D eigenvalue weighted by Gasteiger charge is -2.20. The molecule has 1 aromatic carbocycles. The summed E-state index contributed by atoms with van der Waals surface area (Å²) in [6.07, 6.45) is 22.4. The topological polar surface area (TPSA) is 97.3 Å². The standard InChI is InChI=1S/C24H21F2N5OS.C8H18.C4H8O.C4H10.C3H8.C2H2/c1-3-17(25)22-19(13(8-27)23(28)33-22)12(2)18-16-11-32-10-15(16)14-9-29-24(30-21(14)20(18)26)31-6-4-5-7-31;1-4-6-7-8(3)5-2;1-4-2-5-3-4;1-3-4-2;1-3-2;1-2/h3,9H,2,4-7,10-11,28H2,1H3;8H,4-7H2,1-3H3;4H,2-3H2,1H3;3-4H2,1-2H3;3H2,1-2H3;1-2H/b17-3+;;;;;. The van der Waals surface area contributed by atoms with Crippen molar-refractivity contribution in [2.24, 2.45) is 11.8 Å². The van der Waals surface area contributed by atoms with Gasteiger partial charge in [-0.1, -0.05) is 113 Å². The summed E-state index contributed by atoms with van der Waals surface area (Å²) in [6.45, 7) is 27.4. The van der Waals surface area contributed by atoms with Gasteiger partial charge in [0.25, 0.3) is 0 Å². The van der Waals surface area contributed by atoms with E-state index in [4.69, 9.17) is 15.2 Å². The number of halogens is 2. The number of nitrogens with zero attached hydrogens (tertiary/aromatic N) is 4. The Labute approximate surface area is 335 Å². The first-order valence-corrected chi connectivity index (χ1v) is 20.9. The van der Waals surface area contributed by atoms with Crippen LogP contribution < -0.4 is 10.6 Å². The third kappa shape index (κ3) is 14.0. The second kappa shape index (κ2) is 26.9. The predicted octanol–water partition coefficient (Wildman–Crippen LogP) is 12.7. The smallest absolute Gasteiger partial charge is 0.225 e. The van der Waals surface area contributed by atoms with Crippen LogP contribution in [0.15, 0.2) is 18.9 Å². The number of rotatable bonds is 9. The lowest BCUT2D eigenvalue weighted by Crippen LogP contribution is -2.23. The fourth-order valence-corrected chi connectivity index (χ4v) is 6.68. The van der Waals surface area contributed by atoms with Crippen LogP contribution in [0.2, 0.25) is 0 Å². The molecule has 7 nitrogen and oxygen atoms in total. The molecule has 6 rings (SSSR count). The molecule has 1 atom stereocenters. The number of fused-ring (bicyclic) bond motifs is 3. The Morgan fingerprint density at radius 3 is 2.13 bits per heavy atom. The Morgan fingerprint density at radius 2 is 1.65 bits per heavy atom. The van der Waals surface area contributed by atoms with Gasteiger partial charge in [-0.2, -0.15) is 5.26 Å². The fourth-order valence-electron chi connectivity index (χ4n) is 5.67. The van der Waals surface area contributed by atoms with Gasteiger partial charge in [0.05, 0.1) is 36.9 Å². The number of aromatic nitrogens is 2. The van der Waals surface area contributed by atoms with Crippen LogP contribution in [0.5, 0.6) is 0 Å². The number of nitriles is 1. The maximum absolute atomic E-state index is 16.1. The van der Waals surface area contributed by atoms with Gasteiger partial charge in [0.15, 0.2) is 5.82 Å². The van der Waals surface area contributed by atoms with Crippen molar-refractivity contribution in [2.75, 3.05) is 36.9 Å². The largest absolute Gasteiger partial charge is 0.389 e. The van der Waals surface area contributed by atoms with Crippen LogP contribution in [0.3, 0.4) is 0 Å². The maximum atomic E-state index is 16.1. The van der Waals surface area contributed by atoms with E-state index in [9.17, 15) is 9.65 Å². The molecule has 2 fully saturated rings. The van der Waals surface area contributed by atoms with E-state index in [-0.39, 0.29) is 50.9 Å². The van der Waals surface area contributed by atoms with Crippen LogP contribution in [0.25, 0.3) is 22.3 Å². The molecule has 55 heavy (non-hydrogen) atoms. The van der Waals surface area contributed by atoms with Crippen LogP contribution in [0.4, 0.5) is 19.7 Å². The van der Waals surface area contributed by atoms with Gasteiger partial charge in [0, 0.05) is 41.7 Å². The van der Waals surface area contributed by atoms with Gasteiger partial charge in [0.1, 0.15) is 22.4 Å². The Hall–Kier alpha value is -3.83. The van der Waals surface area contributed by atoms with E-state index in [1.54, 1.807) is 13.1 Å². The molecule has 2 aromatic heterocycles. The van der Waals surface area contributed by atoms with E-state index >= 15 is 4.39 Å². The molecule has 0 spiro atoms. The summed E-state index contributed by atoms with van der Waals surface area (Å²) in [5.74, 6) is 1.15. The molecule has 0 amide bonds. The number of anilines is 2. The minimum atomic E-state index is -0.581. The molecule has 1 unspecified atom stereocenters.